The van der Waals surface area contributed by atoms with E-state index in [-0.39, 0.29) is 13.2 Å². The minimum atomic E-state index is -0.820. The maximum atomic E-state index is 12.6. The summed E-state index contributed by atoms with van der Waals surface area (Å²) in [7, 11) is 0. The second-order valence-electron chi connectivity index (χ2n) is 10.4. The molecule has 3 heterocycles. The normalized spacial score (nSPS) is 30.2. The molecule has 0 bridgehead atoms. The van der Waals surface area contributed by atoms with Crippen LogP contribution < -0.4 is 0 Å². The van der Waals surface area contributed by atoms with Gasteiger partial charge in [0.25, 0.3) is 0 Å². The van der Waals surface area contributed by atoms with Gasteiger partial charge in [-0.15, -0.1) is 0 Å². The maximum Gasteiger partial charge on any atom is 0.508 e. The van der Waals surface area contributed by atoms with Crippen molar-refractivity contribution in [1.29, 1.82) is 0 Å². The lowest BCUT2D eigenvalue weighted by Crippen LogP contribution is -2.56. The molecule has 0 aliphatic carbocycles. The van der Waals surface area contributed by atoms with Gasteiger partial charge in [-0.3, -0.25) is 0 Å². The van der Waals surface area contributed by atoms with Crippen molar-refractivity contribution < 1.29 is 38.0 Å². The van der Waals surface area contributed by atoms with Crippen LogP contribution in [0.2, 0.25) is 0 Å². The Morgan fingerprint density at radius 3 is 2.22 bits per heavy atom. The topological polar surface area (TPSA) is 81.7 Å². The largest absolute Gasteiger partial charge is 0.508 e. The van der Waals surface area contributed by atoms with Gasteiger partial charge in [0.15, 0.2) is 17.9 Å². The SMILES string of the molecule is CC1(C)O[C@H]2[C@@H](O1)[C@@H](COC(=O)OCc1cc3ccccc3c3ccccc13)O[C@@H]1OC(C)(C)O[C@@H]12. The molecule has 0 unspecified atom stereocenters. The van der Waals surface area contributed by atoms with Crippen LogP contribution in [-0.2, 0) is 39.8 Å². The summed E-state index contributed by atoms with van der Waals surface area (Å²) in [5.41, 5.74) is 0.908. The summed E-state index contributed by atoms with van der Waals surface area (Å²) in [6.45, 7) is 7.34. The number of ether oxygens (including phenoxy) is 7. The van der Waals surface area contributed by atoms with Crippen LogP contribution in [0.3, 0.4) is 0 Å². The number of fused-ring (bicyclic) bond motifs is 6. The Kier molecular flexibility index (Phi) is 5.70. The summed E-state index contributed by atoms with van der Waals surface area (Å²) in [5.74, 6) is -1.63. The standard InChI is InChI=1S/C28H30O8/c1-27(2)33-22-21(32-25-24(23(22)34-27)35-28(3,4)36-25)15-31-26(29)30-14-17-13-16-9-5-6-10-18(16)20-12-8-7-11-19(17)20/h5-13,21-25H,14-15H2,1-4H3/t21-,22+,23+,24-,25-/m1/s1. The lowest BCUT2D eigenvalue weighted by Gasteiger charge is -2.36. The molecular formula is C28H30O8. The highest BCUT2D eigenvalue weighted by molar-refractivity contribution is 6.08. The Labute approximate surface area is 209 Å². The van der Waals surface area contributed by atoms with Crippen LogP contribution in [0, 0.1) is 0 Å². The summed E-state index contributed by atoms with van der Waals surface area (Å²) in [4.78, 5) is 12.6. The summed E-state index contributed by atoms with van der Waals surface area (Å²) in [6, 6.07) is 18.3. The zero-order valence-corrected chi connectivity index (χ0v) is 20.8. The third-order valence-corrected chi connectivity index (χ3v) is 6.82. The highest BCUT2D eigenvalue weighted by Gasteiger charge is 2.60. The van der Waals surface area contributed by atoms with Crippen molar-refractivity contribution in [2.24, 2.45) is 0 Å². The molecule has 0 radical (unpaired) electrons. The molecular weight excluding hydrogens is 464 g/mol. The minimum Gasteiger partial charge on any atom is -0.431 e. The van der Waals surface area contributed by atoms with E-state index in [1.807, 2.05) is 64.1 Å². The Hall–Kier alpha value is -2.75. The number of rotatable bonds is 4. The monoisotopic (exact) mass is 494 g/mol. The summed E-state index contributed by atoms with van der Waals surface area (Å²) < 4.78 is 41.1. The van der Waals surface area contributed by atoms with E-state index < -0.39 is 48.4 Å². The van der Waals surface area contributed by atoms with Crippen molar-refractivity contribution in [3.8, 4) is 0 Å². The predicted molar refractivity (Wildman–Crippen MR) is 130 cm³/mol. The van der Waals surface area contributed by atoms with E-state index in [2.05, 4.69) is 18.2 Å². The Balaban J connectivity index is 1.14. The zero-order chi connectivity index (χ0) is 25.1. The highest BCUT2D eigenvalue weighted by atomic mass is 16.9. The van der Waals surface area contributed by atoms with Gasteiger partial charge in [-0.25, -0.2) is 4.79 Å². The van der Waals surface area contributed by atoms with Crippen LogP contribution in [-0.4, -0.2) is 55.0 Å². The first-order valence-electron chi connectivity index (χ1n) is 12.2. The second-order valence-corrected chi connectivity index (χ2v) is 10.4. The van der Waals surface area contributed by atoms with Crippen LogP contribution in [0.4, 0.5) is 4.79 Å². The molecule has 3 aromatic carbocycles. The van der Waals surface area contributed by atoms with Crippen LogP contribution in [0.15, 0.2) is 54.6 Å². The third-order valence-electron chi connectivity index (χ3n) is 6.82. The fourth-order valence-corrected chi connectivity index (χ4v) is 5.41. The molecule has 3 aliphatic heterocycles. The van der Waals surface area contributed by atoms with Crippen molar-refractivity contribution in [3.05, 3.63) is 60.2 Å². The van der Waals surface area contributed by atoms with Gasteiger partial charge in [0.1, 0.15) is 37.6 Å². The van der Waals surface area contributed by atoms with Crippen molar-refractivity contribution >= 4 is 27.7 Å². The van der Waals surface area contributed by atoms with Crippen molar-refractivity contribution in [1.82, 2.24) is 0 Å². The van der Waals surface area contributed by atoms with E-state index in [0.717, 1.165) is 27.1 Å². The first-order chi connectivity index (χ1) is 17.2. The summed E-state index contributed by atoms with van der Waals surface area (Å²) in [6.07, 6.45) is -3.34. The average molecular weight is 495 g/mol. The molecule has 0 N–H and O–H groups in total. The number of hydrogen-bond donors (Lipinski definition) is 0. The quantitative estimate of drug-likeness (QED) is 0.369. The van der Waals surface area contributed by atoms with Gasteiger partial charge < -0.3 is 33.2 Å². The van der Waals surface area contributed by atoms with Crippen LogP contribution >= 0.6 is 0 Å². The molecule has 8 heteroatoms. The third kappa shape index (κ3) is 4.33. The van der Waals surface area contributed by atoms with Crippen LogP contribution in [0.25, 0.3) is 21.5 Å². The van der Waals surface area contributed by atoms with E-state index in [1.165, 1.54) is 0 Å². The number of carbonyl (C=O) groups is 1. The molecule has 0 spiro atoms. The van der Waals surface area contributed by atoms with Gasteiger partial charge >= 0.3 is 6.16 Å². The molecule has 36 heavy (non-hydrogen) atoms. The number of carbonyl (C=O) groups excluding carboxylic acids is 1. The fourth-order valence-electron chi connectivity index (χ4n) is 5.41. The second kappa shape index (κ2) is 8.68. The van der Waals surface area contributed by atoms with Gasteiger partial charge in [-0.1, -0.05) is 48.5 Å². The molecule has 3 aromatic rings. The van der Waals surface area contributed by atoms with E-state index in [1.54, 1.807) is 0 Å². The highest BCUT2D eigenvalue weighted by Crippen LogP contribution is 2.44. The minimum absolute atomic E-state index is 0.0646. The predicted octanol–water partition coefficient (Wildman–Crippen LogP) is 5.04. The van der Waals surface area contributed by atoms with Crippen molar-refractivity contribution in [3.63, 3.8) is 0 Å². The van der Waals surface area contributed by atoms with Gasteiger partial charge in [-0.05, 0) is 60.9 Å². The van der Waals surface area contributed by atoms with Crippen molar-refractivity contribution in [2.45, 2.75) is 76.6 Å². The fraction of sp³-hybridized carbons (Fsp3) is 0.464. The molecule has 3 aliphatic rings. The van der Waals surface area contributed by atoms with Crippen molar-refractivity contribution in [2.75, 3.05) is 6.61 Å². The zero-order valence-electron chi connectivity index (χ0n) is 20.8. The Morgan fingerprint density at radius 2 is 1.42 bits per heavy atom. The van der Waals surface area contributed by atoms with Crippen LogP contribution in [0.5, 0.6) is 0 Å². The van der Waals surface area contributed by atoms with Gasteiger partial charge in [-0.2, -0.15) is 0 Å². The average Bonchev–Trinajstić information content (AvgIpc) is 3.34. The lowest BCUT2D eigenvalue weighted by atomic mass is 9.98. The Bertz CT molecular complexity index is 1300. The smallest absolute Gasteiger partial charge is 0.431 e. The van der Waals surface area contributed by atoms with E-state index in [4.69, 9.17) is 33.2 Å². The number of hydrogen-bond acceptors (Lipinski definition) is 8. The van der Waals surface area contributed by atoms with Gasteiger partial charge in [0.2, 0.25) is 0 Å². The number of benzene rings is 3. The van der Waals surface area contributed by atoms with Gasteiger partial charge in [0.05, 0.1) is 0 Å². The van der Waals surface area contributed by atoms with E-state index >= 15 is 0 Å². The summed E-state index contributed by atoms with van der Waals surface area (Å²) >= 11 is 0. The molecule has 3 saturated heterocycles. The Morgan fingerprint density at radius 1 is 0.778 bits per heavy atom. The molecule has 190 valence electrons. The molecule has 0 aromatic heterocycles. The molecule has 6 rings (SSSR count). The van der Waals surface area contributed by atoms with Crippen LogP contribution in [0.1, 0.15) is 33.3 Å². The first kappa shape index (κ1) is 23.6. The molecule has 3 fully saturated rings. The van der Waals surface area contributed by atoms with Gasteiger partial charge in [0, 0.05) is 0 Å². The molecule has 8 nitrogen and oxygen atoms in total. The van der Waals surface area contributed by atoms with E-state index in [9.17, 15) is 4.79 Å². The summed E-state index contributed by atoms with van der Waals surface area (Å²) in [5, 5.41) is 4.39. The molecule has 5 atom stereocenters. The van der Waals surface area contributed by atoms with E-state index in [0.29, 0.717) is 0 Å². The molecule has 0 saturated carbocycles. The first-order valence-corrected chi connectivity index (χ1v) is 12.2. The lowest BCUT2D eigenvalue weighted by molar-refractivity contribution is -0.240. The molecule has 0 amide bonds. The maximum absolute atomic E-state index is 12.6.